The monoisotopic (exact) mass is 261 g/mol. The number of carbonyl (C=O) groups is 1. The predicted molar refractivity (Wildman–Crippen MR) is 53.7 cm³/mol. The number of alkyl carbamates (subject to hydrolysis) is 1. The summed E-state index contributed by atoms with van der Waals surface area (Å²) in [7, 11) is 0. The van der Waals surface area contributed by atoms with Gasteiger partial charge in [-0.1, -0.05) is 34.8 Å². The summed E-state index contributed by atoms with van der Waals surface area (Å²) >= 11 is 16.2. The van der Waals surface area contributed by atoms with Gasteiger partial charge in [0.15, 0.2) is 0 Å². The first-order chi connectivity index (χ1) is 6.47. The van der Waals surface area contributed by atoms with Crippen molar-refractivity contribution in [1.82, 2.24) is 5.32 Å². The minimum Gasteiger partial charge on any atom is -0.445 e. The Morgan fingerprint density at radius 1 is 1.57 bits per heavy atom. The number of hydrogen-bond acceptors (Lipinski definition) is 3. The van der Waals surface area contributed by atoms with Crippen LogP contribution in [0.2, 0.25) is 0 Å². The molecule has 4 nitrogen and oxygen atoms in total. The van der Waals surface area contributed by atoms with E-state index in [9.17, 15) is 4.79 Å². The molecule has 1 rings (SSSR count). The van der Waals surface area contributed by atoms with Gasteiger partial charge in [0, 0.05) is 6.61 Å². The molecule has 1 saturated heterocycles. The highest BCUT2D eigenvalue weighted by atomic mass is 35.6. The molecule has 0 aromatic carbocycles. The van der Waals surface area contributed by atoms with Gasteiger partial charge in [0.25, 0.3) is 0 Å². The SMILES string of the molecule is O=C(NC1CCCO1)OCC(Cl)(Cl)Cl. The maximum atomic E-state index is 11.1. The third-order valence-corrected chi connectivity index (χ3v) is 1.90. The second-order valence-electron chi connectivity index (χ2n) is 2.84. The standard InChI is InChI=1S/C7H10Cl3NO3/c8-7(9,10)4-14-6(12)11-5-2-1-3-13-5/h5H,1-4H2,(H,11,12). The first-order valence-electron chi connectivity index (χ1n) is 4.09. The molecule has 0 aromatic heterocycles. The number of alkyl halides is 3. The van der Waals surface area contributed by atoms with Crippen LogP contribution in [0, 0.1) is 0 Å². The van der Waals surface area contributed by atoms with E-state index >= 15 is 0 Å². The molecule has 7 heteroatoms. The minimum absolute atomic E-state index is 0.280. The molecule has 14 heavy (non-hydrogen) atoms. The second-order valence-corrected chi connectivity index (χ2v) is 5.35. The maximum absolute atomic E-state index is 11.1. The normalized spacial score (nSPS) is 22.1. The molecule has 1 atom stereocenters. The van der Waals surface area contributed by atoms with Crippen molar-refractivity contribution in [3.05, 3.63) is 0 Å². The van der Waals surface area contributed by atoms with Crippen LogP contribution < -0.4 is 5.32 Å². The van der Waals surface area contributed by atoms with Gasteiger partial charge >= 0.3 is 6.09 Å². The fourth-order valence-corrected chi connectivity index (χ4v) is 1.18. The van der Waals surface area contributed by atoms with Crippen LogP contribution in [-0.2, 0) is 9.47 Å². The van der Waals surface area contributed by atoms with Gasteiger partial charge in [-0.25, -0.2) is 4.79 Å². The smallest absolute Gasteiger partial charge is 0.409 e. The lowest BCUT2D eigenvalue weighted by atomic mass is 10.3. The van der Waals surface area contributed by atoms with E-state index in [2.05, 4.69) is 10.1 Å². The van der Waals surface area contributed by atoms with Crippen molar-refractivity contribution < 1.29 is 14.3 Å². The number of ether oxygens (including phenoxy) is 2. The summed E-state index contributed by atoms with van der Waals surface area (Å²) in [5.74, 6) is 0. The molecule has 0 aromatic rings. The highest BCUT2D eigenvalue weighted by Gasteiger charge is 2.24. The van der Waals surface area contributed by atoms with Crippen LogP contribution in [0.3, 0.4) is 0 Å². The molecule has 0 radical (unpaired) electrons. The third-order valence-electron chi connectivity index (χ3n) is 1.58. The van der Waals surface area contributed by atoms with Crippen molar-refractivity contribution >= 4 is 40.9 Å². The Balaban J connectivity index is 2.15. The first-order valence-corrected chi connectivity index (χ1v) is 5.22. The Kier molecular flexibility index (Phi) is 4.57. The van der Waals surface area contributed by atoms with Gasteiger partial charge < -0.3 is 9.47 Å². The predicted octanol–water partition coefficient (Wildman–Crippen LogP) is 2.22. The zero-order valence-electron chi connectivity index (χ0n) is 7.26. The molecule has 1 N–H and O–H groups in total. The van der Waals surface area contributed by atoms with Crippen molar-refractivity contribution in [3.8, 4) is 0 Å². The summed E-state index contributed by atoms with van der Waals surface area (Å²) in [5, 5.41) is 2.49. The Hall–Kier alpha value is 0.1000. The molecule has 0 aliphatic carbocycles. The number of hydrogen-bond donors (Lipinski definition) is 1. The molecule has 1 amide bonds. The second kappa shape index (κ2) is 5.26. The van der Waals surface area contributed by atoms with Gasteiger partial charge in [0.2, 0.25) is 3.79 Å². The number of carbonyl (C=O) groups excluding carboxylic acids is 1. The van der Waals surface area contributed by atoms with Gasteiger partial charge in [0.05, 0.1) is 0 Å². The Morgan fingerprint density at radius 2 is 2.29 bits per heavy atom. The van der Waals surface area contributed by atoms with Crippen LogP contribution in [-0.4, -0.2) is 29.3 Å². The fourth-order valence-electron chi connectivity index (χ4n) is 1.01. The van der Waals surface area contributed by atoms with Crippen LogP contribution in [0.1, 0.15) is 12.8 Å². The van der Waals surface area contributed by atoms with Crippen LogP contribution in [0.5, 0.6) is 0 Å². The Morgan fingerprint density at radius 3 is 2.79 bits per heavy atom. The molecule has 1 heterocycles. The van der Waals surface area contributed by atoms with Crippen molar-refractivity contribution in [2.45, 2.75) is 22.9 Å². The van der Waals surface area contributed by atoms with Gasteiger partial charge in [0.1, 0.15) is 12.8 Å². The van der Waals surface area contributed by atoms with Crippen LogP contribution in [0.25, 0.3) is 0 Å². The molecule has 0 spiro atoms. The maximum Gasteiger partial charge on any atom is 0.409 e. The molecular formula is C7H10Cl3NO3. The number of rotatable bonds is 2. The summed E-state index contributed by atoms with van der Waals surface area (Å²) in [5.41, 5.74) is 0. The summed E-state index contributed by atoms with van der Waals surface area (Å²) in [4.78, 5) is 11.1. The summed E-state index contributed by atoms with van der Waals surface area (Å²) in [6.45, 7) is 0.367. The van der Waals surface area contributed by atoms with Crippen LogP contribution >= 0.6 is 34.8 Å². The average Bonchev–Trinajstić information content (AvgIpc) is 2.52. The van der Waals surface area contributed by atoms with E-state index in [1.165, 1.54) is 0 Å². The largest absolute Gasteiger partial charge is 0.445 e. The molecule has 1 unspecified atom stereocenters. The fraction of sp³-hybridized carbons (Fsp3) is 0.857. The van der Waals surface area contributed by atoms with Gasteiger partial charge in [-0.05, 0) is 12.8 Å². The van der Waals surface area contributed by atoms with Crippen molar-refractivity contribution in [1.29, 1.82) is 0 Å². The van der Waals surface area contributed by atoms with E-state index < -0.39 is 9.89 Å². The zero-order chi connectivity index (χ0) is 10.6. The quantitative estimate of drug-likeness (QED) is 0.776. The Bertz CT molecular complexity index is 201. The zero-order valence-corrected chi connectivity index (χ0v) is 9.53. The van der Waals surface area contributed by atoms with Crippen LogP contribution in [0.15, 0.2) is 0 Å². The summed E-state index contributed by atoms with van der Waals surface area (Å²) in [6.07, 6.45) is 0.791. The van der Waals surface area contributed by atoms with Crippen molar-refractivity contribution in [2.75, 3.05) is 13.2 Å². The molecule has 1 fully saturated rings. The lowest BCUT2D eigenvalue weighted by Gasteiger charge is -2.14. The molecule has 82 valence electrons. The van der Waals surface area contributed by atoms with E-state index in [1.807, 2.05) is 0 Å². The van der Waals surface area contributed by atoms with E-state index in [1.54, 1.807) is 0 Å². The van der Waals surface area contributed by atoms with Gasteiger partial charge in [-0.15, -0.1) is 0 Å². The topological polar surface area (TPSA) is 47.6 Å². The lowest BCUT2D eigenvalue weighted by Crippen LogP contribution is -2.36. The van der Waals surface area contributed by atoms with E-state index in [4.69, 9.17) is 39.5 Å². The van der Waals surface area contributed by atoms with E-state index in [0.717, 1.165) is 12.8 Å². The summed E-state index contributed by atoms with van der Waals surface area (Å²) in [6, 6.07) is 0. The molecule has 0 bridgehead atoms. The Labute approximate surface area is 96.8 Å². The van der Waals surface area contributed by atoms with Crippen LogP contribution in [0.4, 0.5) is 4.79 Å². The van der Waals surface area contributed by atoms with E-state index in [-0.39, 0.29) is 12.8 Å². The highest BCUT2D eigenvalue weighted by Crippen LogP contribution is 2.25. The minimum atomic E-state index is -1.58. The molecule has 1 aliphatic rings. The van der Waals surface area contributed by atoms with Crippen molar-refractivity contribution in [2.24, 2.45) is 0 Å². The van der Waals surface area contributed by atoms with Gasteiger partial charge in [-0.3, -0.25) is 5.32 Å². The highest BCUT2D eigenvalue weighted by molar-refractivity contribution is 6.67. The number of amides is 1. The molecular weight excluding hydrogens is 252 g/mol. The molecule has 1 aliphatic heterocycles. The first kappa shape index (κ1) is 12.2. The number of nitrogens with one attached hydrogen (secondary N) is 1. The number of halogens is 3. The lowest BCUT2D eigenvalue weighted by molar-refractivity contribution is 0.0706. The average molecular weight is 263 g/mol. The summed E-state index contributed by atoms with van der Waals surface area (Å²) < 4.78 is 8.21. The van der Waals surface area contributed by atoms with E-state index in [0.29, 0.717) is 6.61 Å². The van der Waals surface area contributed by atoms with Crippen molar-refractivity contribution in [3.63, 3.8) is 0 Å². The molecule has 0 saturated carbocycles. The third kappa shape index (κ3) is 5.10. The van der Waals surface area contributed by atoms with Gasteiger partial charge in [-0.2, -0.15) is 0 Å².